The van der Waals surface area contributed by atoms with Crippen molar-refractivity contribution in [3.8, 4) is 11.5 Å². The normalized spacial score (nSPS) is 15.0. The molecular formula is C19H19FN2O5. The van der Waals surface area contributed by atoms with Crippen LogP contribution in [0.2, 0.25) is 0 Å². The van der Waals surface area contributed by atoms with E-state index in [2.05, 4.69) is 5.32 Å². The summed E-state index contributed by atoms with van der Waals surface area (Å²) in [7, 11) is 0. The molecule has 0 bridgehead atoms. The van der Waals surface area contributed by atoms with Crippen LogP contribution < -0.4 is 14.8 Å². The molecule has 1 aliphatic heterocycles. The predicted octanol–water partition coefficient (Wildman–Crippen LogP) is 3.39. The zero-order valence-electron chi connectivity index (χ0n) is 15.0. The van der Waals surface area contributed by atoms with Crippen LogP contribution >= 0.6 is 0 Å². The minimum Gasteiger partial charge on any atom is -0.494 e. The number of ether oxygens (including phenoxy) is 2. The Bertz CT molecular complexity index is 900. The molecule has 0 spiro atoms. The van der Waals surface area contributed by atoms with Gasteiger partial charge in [0.05, 0.1) is 11.5 Å². The number of nitro groups is 1. The van der Waals surface area contributed by atoms with E-state index in [4.69, 9.17) is 9.47 Å². The highest BCUT2D eigenvalue weighted by Crippen LogP contribution is 2.35. The molecule has 27 heavy (non-hydrogen) atoms. The van der Waals surface area contributed by atoms with E-state index in [9.17, 15) is 19.3 Å². The van der Waals surface area contributed by atoms with Gasteiger partial charge in [0.1, 0.15) is 17.6 Å². The van der Waals surface area contributed by atoms with Gasteiger partial charge >= 0.3 is 5.69 Å². The fourth-order valence-corrected chi connectivity index (χ4v) is 2.98. The number of hydrogen-bond acceptors (Lipinski definition) is 5. The number of halogens is 1. The Hall–Kier alpha value is -3.16. The van der Waals surface area contributed by atoms with Crippen molar-refractivity contribution < 1.29 is 23.6 Å². The Morgan fingerprint density at radius 2 is 2.19 bits per heavy atom. The highest BCUT2D eigenvalue weighted by atomic mass is 19.1. The summed E-state index contributed by atoms with van der Waals surface area (Å²) in [6.07, 6.45) is 0.875. The van der Waals surface area contributed by atoms with Gasteiger partial charge in [-0.15, -0.1) is 0 Å². The van der Waals surface area contributed by atoms with Crippen LogP contribution in [0.5, 0.6) is 11.5 Å². The van der Waals surface area contributed by atoms with Crippen LogP contribution in [0.1, 0.15) is 35.3 Å². The van der Waals surface area contributed by atoms with Crippen molar-refractivity contribution in [2.45, 2.75) is 32.9 Å². The van der Waals surface area contributed by atoms with Gasteiger partial charge in [0.15, 0.2) is 0 Å². The number of amides is 1. The summed E-state index contributed by atoms with van der Waals surface area (Å²) in [6, 6.07) is 6.77. The second kappa shape index (κ2) is 7.61. The zero-order chi connectivity index (χ0) is 19.6. The number of rotatable bonds is 6. The van der Waals surface area contributed by atoms with E-state index in [1.807, 2.05) is 26.0 Å². The number of nitro benzene ring substituents is 1. The minimum atomic E-state index is -0.986. The Morgan fingerprint density at radius 3 is 2.89 bits per heavy atom. The van der Waals surface area contributed by atoms with Crippen molar-refractivity contribution in [1.82, 2.24) is 5.32 Å². The fourth-order valence-electron chi connectivity index (χ4n) is 2.98. The van der Waals surface area contributed by atoms with Gasteiger partial charge < -0.3 is 14.8 Å². The topological polar surface area (TPSA) is 90.7 Å². The molecule has 0 radical (unpaired) electrons. The van der Waals surface area contributed by atoms with E-state index in [0.717, 1.165) is 35.4 Å². The first-order valence-corrected chi connectivity index (χ1v) is 8.56. The van der Waals surface area contributed by atoms with Crippen molar-refractivity contribution in [3.63, 3.8) is 0 Å². The maximum atomic E-state index is 13.4. The first kappa shape index (κ1) is 18.6. The van der Waals surface area contributed by atoms with Gasteiger partial charge in [-0.2, -0.15) is 4.39 Å². The molecule has 2 aromatic rings. The minimum absolute atomic E-state index is 0.00657. The molecular weight excluding hydrogens is 355 g/mol. The third-order valence-corrected chi connectivity index (χ3v) is 4.22. The Morgan fingerprint density at radius 1 is 1.41 bits per heavy atom. The molecule has 1 N–H and O–H groups in total. The second-order valence-electron chi connectivity index (χ2n) is 6.24. The maximum Gasteiger partial charge on any atom is 0.305 e. The molecule has 2 aromatic carbocycles. The number of benzene rings is 2. The van der Waals surface area contributed by atoms with Crippen molar-refractivity contribution in [2.75, 3.05) is 6.61 Å². The summed E-state index contributed by atoms with van der Waals surface area (Å²) in [4.78, 5) is 22.3. The standard InChI is InChI=1S/C19H19FN2O5/c1-3-26-17-8-13-6-11(2)27-18(13)9-14(17)10-21-19(23)12-4-5-15(20)16(7-12)22(24)25/h4-5,7-9,11H,3,6,10H2,1-2H3,(H,21,23)/t11-/m1/s1. The number of carbonyl (C=O) groups excluding carboxylic acids is 1. The molecule has 0 saturated heterocycles. The van der Waals surface area contributed by atoms with Crippen molar-refractivity contribution >= 4 is 11.6 Å². The number of carbonyl (C=O) groups is 1. The van der Waals surface area contributed by atoms with Gasteiger partial charge in [-0.25, -0.2) is 0 Å². The lowest BCUT2D eigenvalue weighted by Gasteiger charge is -2.13. The van der Waals surface area contributed by atoms with Crippen molar-refractivity contribution in [1.29, 1.82) is 0 Å². The van der Waals surface area contributed by atoms with E-state index in [0.29, 0.717) is 12.4 Å². The van der Waals surface area contributed by atoms with E-state index in [1.165, 1.54) is 6.07 Å². The van der Waals surface area contributed by atoms with Gasteiger partial charge in [0, 0.05) is 35.7 Å². The summed E-state index contributed by atoms with van der Waals surface area (Å²) in [5.74, 6) is -0.123. The molecule has 0 aliphatic carbocycles. The SMILES string of the molecule is CCOc1cc2c(cc1CNC(=O)c1ccc(F)c([N+](=O)[O-])c1)O[C@H](C)C2. The molecule has 1 atom stereocenters. The zero-order valence-corrected chi connectivity index (χ0v) is 15.0. The third kappa shape index (κ3) is 3.99. The predicted molar refractivity (Wildman–Crippen MR) is 95.6 cm³/mol. The summed E-state index contributed by atoms with van der Waals surface area (Å²) in [6.45, 7) is 4.46. The molecule has 0 unspecified atom stereocenters. The third-order valence-electron chi connectivity index (χ3n) is 4.22. The number of nitrogens with zero attached hydrogens (tertiary/aromatic N) is 1. The molecule has 8 heteroatoms. The number of hydrogen-bond donors (Lipinski definition) is 1. The molecule has 142 valence electrons. The lowest BCUT2D eigenvalue weighted by molar-refractivity contribution is -0.387. The second-order valence-corrected chi connectivity index (χ2v) is 6.24. The average molecular weight is 374 g/mol. The number of fused-ring (bicyclic) bond motifs is 1. The first-order chi connectivity index (χ1) is 12.9. The Balaban J connectivity index is 1.78. The van der Waals surface area contributed by atoms with Gasteiger partial charge in [-0.3, -0.25) is 14.9 Å². The summed E-state index contributed by atoms with van der Waals surface area (Å²) >= 11 is 0. The molecule has 0 saturated carbocycles. The van der Waals surface area contributed by atoms with Gasteiger partial charge in [0.2, 0.25) is 5.82 Å². The van der Waals surface area contributed by atoms with E-state index < -0.39 is 22.3 Å². The molecule has 1 amide bonds. The lowest BCUT2D eigenvalue weighted by Crippen LogP contribution is -2.23. The van der Waals surface area contributed by atoms with E-state index in [-0.39, 0.29) is 18.2 Å². The molecule has 0 fully saturated rings. The summed E-state index contributed by atoms with van der Waals surface area (Å²) < 4.78 is 24.8. The van der Waals surface area contributed by atoms with Gasteiger partial charge in [-0.05, 0) is 38.1 Å². The Labute approximate surface area is 155 Å². The van der Waals surface area contributed by atoms with Gasteiger partial charge in [-0.1, -0.05) is 0 Å². The molecule has 1 aliphatic rings. The van der Waals surface area contributed by atoms with E-state index in [1.54, 1.807) is 0 Å². The lowest BCUT2D eigenvalue weighted by atomic mass is 10.1. The summed E-state index contributed by atoms with van der Waals surface area (Å²) in [5.41, 5.74) is 1.05. The molecule has 7 nitrogen and oxygen atoms in total. The van der Waals surface area contributed by atoms with Crippen LogP contribution in [-0.2, 0) is 13.0 Å². The number of nitrogens with one attached hydrogen (secondary N) is 1. The maximum absolute atomic E-state index is 13.4. The van der Waals surface area contributed by atoms with Crippen LogP contribution in [0.25, 0.3) is 0 Å². The van der Waals surface area contributed by atoms with Crippen LogP contribution in [0.15, 0.2) is 30.3 Å². The average Bonchev–Trinajstić information content (AvgIpc) is 2.98. The van der Waals surface area contributed by atoms with Crippen LogP contribution in [0.4, 0.5) is 10.1 Å². The highest BCUT2D eigenvalue weighted by molar-refractivity contribution is 5.94. The van der Waals surface area contributed by atoms with Gasteiger partial charge in [0.25, 0.3) is 5.91 Å². The molecule has 0 aromatic heterocycles. The fraction of sp³-hybridized carbons (Fsp3) is 0.316. The largest absolute Gasteiger partial charge is 0.494 e. The van der Waals surface area contributed by atoms with Crippen molar-refractivity contribution in [2.24, 2.45) is 0 Å². The van der Waals surface area contributed by atoms with E-state index >= 15 is 0 Å². The smallest absolute Gasteiger partial charge is 0.305 e. The van der Waals surface area contributed by atoms with Crippen LogP contribution in [-0.4, -0.2) is 23.5 Å². The molecule has 1 heterocycles. The summed E-state index contributed by atoms with van der Waals surface area (Å²) in [5, 5.41) is 13.5. The first-order valence-electron chi connectivity index (χ1n) is 8.56. The van der Waals surface area contributed by atoms with Crippen molar-refractivity contribution in [3.05, 3.63) is 63.0 Å². The molecule has 3 rings (SSSR count). The van der Waals surface area contributed by atoms with Crippen LogP contribution in [0, 0.1) is 15.9 Å². The van der Waals surface area contributed by atoms with Crippen LogP contribution in [0.3, 0.4) is 0 Å². The highest BCUT2D eigenvalue weighted by Gasteiger charge is 2.22. The monoisotopic (exact) mass is 374 g/mol. The Kier molecular flexibility index (Phi) is 5.25. The quantitative estimate of drug-likeness (QED) is 0.618.